The number of amides is 2. The molecule has 2 saturated heterocycles. The number of fused-ring (bicyclic) bond motifs is 1. The highest BCUT2D eigenvalue weighted by atomic mass is 32.2. The molecule has 13 heteroatoms. The number of nitrogens with one attached hydrogen (secondary N) is 1. The minimum atomic E-state index is -4.12. The van der Waals surface area contributed by atoms with Crippen LogP contribution in [-0.4, -0.2) is 72.9 Å². The summed E-state index contributed by atoms with van der Waals surface area (Å²) in [4.78, 5) is 40.2. The quantitative estimate of drug-likeness (QED) is 0.313. The topological polar surface area (TPSA) is 159 Å². The molecule has 2 amide bonds. The van der Waals surface area contributed by atoms with Crippen LogP contribution in [0.5, 0.6) is 0 Å². The highest BCUT2D eigenvalue weighted by molar-refractivity contribution is 7.87. The van der Waals surface area contributed by atoms with E-state index in [1.165, 1.54) is 4.90 Å². The van der Waals surface area contributed by atoms with Crippen molar-refractivity contribution in [1.29, 1.82) is 0 Å². The van der Waals surface area contributed by atoms with Crippen LogP contribution >= 0.6 is 9.47 Å². The van der Waals surface area contributed by atoms with Gasteiger partial charge in [0, 0.05) is 19.0 Å². The van der Waals surface area contributed by atoms with Gasteiger partial charge in [-0.3, -0.25) is 14.5 Å². The molecule has 3 heterocycles. The van der Waals surface area contributed by atoms with E-state index in [9.17, 15) is 27.9 Å². The van der Waals surface area contributed by atoms with E-state index in [0.29, 0.717) is 31.6 Å². The molecule has 0 radical (unpaired) electrons. The average Bonchev–Trinajstić information content (AvgIpc) is 3.16. The average molecular weight is 448 g/mol. The van der Waals surface area contributed by atoms with E-state index in [2.05, 4.69) is 0 Å². The van der Waals surface area contributed by atoms with Gasteiger partial charge in [-0.25, -0.2) is 14.7 Å². The zero-order valence-corrected chi connectivity index (χ0v) is 18.0. The van der Waals surface area contributed by atoms with Crippen LogP contribution in [0.1, 0.15) is 20.3 Å². The molecule has 3 aliphatic heterocycles. The summed E-state index contributed by atoms with van der Waals surface area (Å²) < 4.78 is 28.7. The van der Waals surface area contributed by atoms with Gasteiger partial charge in [0.15, 0.2) is 0 Å². The number of aliphatic hydroxyl groups is 1. The third kappa shape index (κ3) is 4.04. The smallest absolute Gasteiger partial charge is 0.357 e. The number of carbonyl (C=O) groups is 3. The molecule has 0 spiro atoms. The normalized spacial score (nSPS) is 30.8. The van der Waals surface area contributed by atoms with Gasteiger partial charge in [0.1, 0.15) is 5.70 Å². The summed E-state index contributed by atoms with van der Waals surface area (Å²) in [6, 6.07) is -0.319. The molecule has 2 unspecified atom stereocenters. The molecule has 11 nitrogen and oxygen atoms in total. The predicted molar refractivity (Wildman–Crippen MR) is 104 cm³/mol. The second-order valence-corrected chi connectivity index (χ2v) is 9.29. The predicted octanol–water partition coefficient (Wildman–Crippen LogP) is -1.93. The minimum Gasteiger partial charge on any atom is -0.447 e. The first-order valence-corrected chi connectivity index (χ1v) is 11.2. The number of β-lactam (4-membered cyclic amide) rings is 1. The molecule has 0 aromatic rings. The molecule has 162 valence electrons. The lowest BCUT2D eigenvalue weighted by atomic mass is 9.77. The Kier molecular flexibility index (Phi) is 6.03. The van der Waals surface area contributed by atoms with Crippen molar-refractivity contribution in [2.45, 2.75) is 32.4 Å². The first kappa shape index (κ1) is 22.1. The monoisotopic (exact) mass is 448 g/mol. The fourth-order valence-electron chi connectivity index (χ4n) is 4.55. The number of aliphatic hydroxyl groups excluding tert-OH is 1. The van der Waals surface area contributed by atoms with Crippen LogP contribution in [0.2, 0.25) is 0 Å². The van der Waals surface area contributed by atoms with E-state index >= 15 is 0 Å². The summed E-state index contributed by atoms with van der Waals surface area (Å²) in [6.07, 6.45) is -0.397. The summed E-state index contributed by atoms with van der Waals surface area (Å²) >= 11 is 0. The number of nitrogens with zero attached hydrogens (tertiary/aromatic N) is 2. The van der Waals surface area contributed by atoms with Crippen molar-refractivity contribution < 1.29 is 32.4 Å². The van der Waals surface area contributed by atoms with Crippen LogP contribution in [0, 0.1) is 17.8 Å². The zero-order valence-electron chi connectivity index (χ0n) is 16.1. The van der Waals surface area contributed by atoms with Crippen molar-refractivity contribution in [2.75, 3.05) is 19.6 Å². The maximum absolute atomic E-state index is 12.5. The van der Waals surface area contributed by atoms with Crippen molar-refractivity contribution in [3.05, 3.63) is 11.3 Å². The molecule has 0 saturated carbocycles. The van der Waals surface area contributed by atoms with E-state index in [1.54, 1.807) is 11.6 Å². The number of hydrogen-bond donors (Lipinski definition) is 3. The van der Waals surface area contributed by atoms with Crippen LogP contribution in [-0.2, 0) is 29.1 Å². The van der Waals surface area contributed by atoms with Crippen molar-refractivity contribution in [1.82, 2.24) is 14.5 Å². The Morgan fingerprint density at radius 2 is 2.10 bits per heavy atom. The molecule has 29 heavy (non-hydrogen) atoms. The molecule has 0 aromatic carbocycles. The first-order valence-electron chi connectivity index (χ1n) is 9.18. The summed E-state index contributed by atoms with van der Waals surface area (Å²) in [6.45, 7) is 4.56. The maximum atomic E-state index is 12.5. The molecular formula is C16H25N4O7PS. The van der Waals surface area contributed by atoms with Crippen LogP contribution < -0.4 is 9.86 Å². The highest BCUT2D eigenvalue weighted by Gasteiger charge is 2.60. The summed E-state index contributed by atoms with van der Waals surface area (Å²) in [5.41, 5.74) is 0.878. The lowest BCUT2D eigenvalue weighted by Gasteiger charge is -2.46. The molecule has 6 atom stereocenters. The Labute approximate surface area is 171 Å². The molecule has 2 fully saturated rings. The number of likely N-dealkylation sites (tertiary alicyclic amines) is 1. The SMILES string of the molecule is C[C@@H](O)C1C(=O)N2C(C(=O)OP)=C(CN3CC[C@H](C(=O)NS(N)(=O)=O)C3)[C@H](C)[C@H]12. The van der Waals surface area contributed by atoms with E-state index in [1.807, 2.05) is 21.3 Å². The second-order valence-electron chi connectivity index (χ2n) is 7.77. The van der Waals surface area contributed by atoms with Gasteiger partial charge >= 0.3 is 5.97 Å². The van der Waals surface area contributed by atoms with Crippen molar-refractivity contribution in [3.63, 3.8) is 0 Å². The van der Waals surface area contributed by atoms with E-state index in [-0.39, 0.29) is 23.6 Å². The molecule has 3 rings (SSSR count). The standard InChI is InChI=1S/C16H25N4O7PS/c1-7-10(6-19-4-3-9(5-19)14(22)18-29(17,25)26)13(16(24)27-28)20-12(7)11(8(2)21)15(20)23/h7-9,11-12,21H,3-6,28H2,1-2H3,(H,18,22)(H2,17,25,26)/t7-,8+,9-,11?,12+/m0/s1. The fraction of sp³-hybridized carbons (Fsp3) is 0.688. The Morgan fingerprint density at radius 3 is 2.66 bits per heavy atom. The van der Waals surface area contributed by atoms with Crippen LogP contribution in [0.15, 0.2) is 11.3 Å². The molecule has 0 bridgehead atoms. The van der Waals surface area contributed by atoms with Gasteiger partial charge < -0.3 is 14.5 Å². The second kappa shape index (κ2) is 7.92. The Bertz CT molecular complexity index is 874. The van der Waals surface area contributed by atoms with Crippen molar-refractivity contribution >= 4 is 37.5 Å². The maximum Gasteiger partial charge on any atom is 0.357 e. The fourth-order valence-corrected chi connectivity index (χ4v) is 5.11. The third-order valence-electron chi connectivity index (χ3n) is 5.90. The van der Waals surface area contributed by atoms with Gasteiger partial charge in [0.05, 0.1) is 33.4 Å². The van der Waals surface area contributed by atoms with E-state index in [4.69, 9.17) is 9.66 Å². The lowest BCUT2D eigenvalue weighted by molar-refractivity contribution is -0.162. The molecule has 3 aliphatic rings. The molecular weight excluding hydrogens is 423 g/mol. The summed E-state index contributed by atoms with van der Waals surface area (Å²) in [7, 11) is -2.24. The van der Waals surface area contributed by atoms with Gasteiger partial charge in [-0.05, 0) is 25.5 Å². The molecule has 4 N–H and O–H groups in total. The summed E-state index contributed by atoms with van der Waals surface area (Å²) in [5, 5.41) is 14.8. The zero-order chi connectivity index (χ0) is 21.7. The van der Waals surface area contributed by atoms with E-state index < -0.39 is 40.0 Å². The van der Waals surface area contributed by atoms with Gasteiger partial charge in [0.25, 0.3) is 10.2 Å². The highest BCUT2D eigenvalue weighted by Crippen LogP contribution is 2.47. The Balaban J connectivity index is 1.77. The van der Waals surface area contributed by atoms with E-state index in [0.717, 1.165) is 0 Å². The van der Waals surface area contributed by atoms with Crippen molar-refractivity contribution in [2.24, 2.45) is 22.9 Å². The minimum absolute atomic E-state index is 0.177. The van der Waals surface area contributed by atoms with Gasteiger partial charge in [0.2, 0.25) is 11.8 Å². The summed E-state index contributed by atoms with van der Waals surface area (Å²) in [5.74, 6) is -2.94. The van der Waals surface area contributed by atoms with Gasteiger partial charge in [-0.1, -0.05) is 6.92 Å². The van der Waals surface area contributed by atoms with Crippen LogP contribution in [0.25, 0.3) is 0 Å². The van der Waals surface area contributed by atoms with Crippen LogP contribution in [0.3, 0.4) is 0 Å². The van der Waals surface area contributed by atoms with Gasteiger partial charge in [-0.2, -0.15) is 8.42 Å². The largest absolute Gasteiger partial charge is 0.447 e. The lowest BCUT2D eigenvalue weighted by Crippen LogP contribution is -2.63. The van der Waals surface area contributed by atoms with Gasteiger partial charge in [-0.15, -0.1) is 0 Å². The Morgan fingerprint density at radius 1 is 1.45 bits per heavy atom. The Hall–Kier alpha value is -1.59. The number of nitrogens with two attached hydrogens (primary N) is 1. The molecule has 0 aliphatic carbocycles. The number of hydrogen-bond acceptors (Lipinski definition) is 8. The number of rotatable bonds is 6. The molecule has 0 aromatic heterocycles. The number of carbonyl (C=O) groups excluding carboxylic acids is 3. The van der Waals surface area contributed by atoms with Crippen molar-refractivity contribution in [3.8, 4) is 0 Å². The third-order valence-corrected chi connectivity index (χ3v) is 6.60. The van der Waals surface area contributed by atoms with Crippen LogP contribution in [0.4, 0.5) is 0 Å². The first-order chi connectivity index (χ1) is 13.5.